The Morgan fingerprint density at radius 3 is 2.50 bits per heavy atom. The van der Waals surface area contributed by atoms with Gasteiger partial charge in [-0.05, 0) is 47.9 Å². The summed E-state index contributed by atoms with van der Waals surface area (Å²) in [6, 6.07) is 9.24. The standard InChI is InChI=1S/C18H28N2/c1-17(2,3)16-6-4-15(5-7-16)12-20-11-9-18(14-20)8-10-19-13-18/h4-7,19H,8-14H2,1-3H3. The monoisotopic (exact) mass is 272 g/mol. The van der Waals surface area contributed by atoms with E-state index < -0.39 is 0 Å². The fraction of sp³-hybridized carbons (Fsp3) is 0.667. The third-order valence-electron chi connectivity index (χ3n) is 5.08. The highest BCUT2D eigenvalue weighted by molar-refractivity contribution is 5.27. The molecule has 20 heavy (non-hydrogen) atoms. The van der Waals surface area contributed by atoms with Gasteiger partial charge < -0.3 is 5.32 Å². The second kappa shape index (κ2) is 5.16. The molecule has 0 amide bonds. The fourth-order valence-electron chi connectivity index (χ4n) is 3.67. The van der Waals surface area contributed by atoms with E-state index in [1.165, 1.54) is 50.1 Å². The molecule has 2 aliphatic rings. The maximum Gasteiger partial charge on any atom is 0.0233 e. The Kier molecular flexibility index (Phi) is 3.64. The minimum atomic E-state index is 0.256. The number of hydrogen-bond donors (Lipinski definition) is 1. The number of likely N-dealkylation sites (tertiary alicyclic amines) is 1. The molecule has 0 radical (unpaired) electrons. The highest BCUT2D eigenvalue weighted by atomic mass is 15.2. The van der Waals surface area contributed by atoms with Crippen LogP contribution in [0, 0.1) is 5.41 Å². The number of nitrogens with one attached hydrogen (secondary N) is 1. The van der Waals surface area contributed by atoms with Crippen molar-refractivity contribution >= 4 is 0 Å². The first-order chi connectivity index (χ1) is 9.47. The Bertz CT molecular complexity index is 449. The predicted octanol–water partition coefficient (Wildman–Crippen LogP) is 3.17. The summed E-state index contributed by atoms with van der Waals surface area (Å²) in [5, 5.41) is 3.54. The van der Waals surface area contributed by atoms with Crippen LogP contribution in [0.3, 0.4) is 0 Å². The van der Waals surface area contributed by atoms with Gasteiger partial charge >= 0.3 is 0 Å². The number of rotatable bonds is 2. The summed E-state index contributed by atoms with van der Waals surface area (Å²) in [6.45, 7) is 12.9. The minimum Gasteiger partial charge on any atom is -0.316 e. The Morgan fingerprint density at radius 1 is 1.15 bits per heavy atom. The molecule has 2 heteroatoms. The molecular formula is C18H28N2. The zero-order valence-corrected chi connectivity index (χ0v) is 13.2. The average molecular weight is 272 g/mol. The van der Waals surface area contributed by atoms with Crippen molar-refractivity contribution in [1.82, 2.24) is 10.2 Å². The molecule has 1 atom stereocenters. The largest absolute Gasteiger partial charge is 0.316 e. The second-order valence-corrected chi connectivity index (χ2v) is 7.83. The molecule has 0 aromatic heterocycles. The van der Waals surface area contributed by atoms with Crippen molar-refractivity contribution in [3.05, 3.63) is 35.4 Å². The summed E-state index contributed by atoms with van der Waals surface area (Å²) in [5.74, 6) is 0. The molecule has 0 bridgehead atoms. The van der Waals surface area contributed by atoms with E-state index in [1.807, 2.05) is 0 Å². The fourth-order valence-corrected chi connectivity index (χ4v) is 3.67. The third-order valence-corrected chi connectivity index (χ3v) is 5.08. The molecule has 1 unspecified atom stereocenters. The van der Waals surface area contributed by atoms with Crippen LogP contribution in [0.25, 0.3) is 0 Å². The number of nitrogens with zero attached hydrogens (tertiary/aromatic N) is 1. The SMILES string of the molecule is CC(C)(C)c1ccc(CN2CCC3(CCNC3)C2)cc1. The van der Waals surface area contributed by atoms with Gasteiger partial charge in [0.05, 0.1) is 0 Å². The molecule has 1 N–H and O–H groups in total. The van der Waals surface area contributed by atoms with Crippen LogP contribution < -0.4 is 5.32 Å². The minimum absolute atomic E-state index is 0.256. The van der Waals surface area contributed by atoms with E-state index in [1.54, 1.807) is 0 Å². The van der Waals surface area contributed by atoms with Crippen LogP contribution in [-0.2, 0) is 12.0 Å². The lowest BCUT2D eigenvalue weighted by Crippen LogP contribution is -2.28. The highest BCUT2D eigenvalue weighted by Gasteiger charge is 2.39. The van der Waals surface area contributed by atoms with E-state index in [4.69, 9.17) is 0 Å². The van der Waals surface area contributed by atoms with Crippen LogP contribution in [0.15, 0.2) is 24.3 Å². The van der Waals surface area contributed by atoms with Crippen LogP contribution in [0.5, 0.6) is 0 Å². The summed E-state index contributed by atoms with van der Waals surface area (Å²) in [6.07, 6.45) is 2.74. The van der Waals surface area contributed by atoms with E-state index in [9.17, 15) is 0 Å². The quantitative estimate of drug-likeness (QED) is 0.889. The Labute approximate surface area is 123 Å². The first-order valence-corrected chi connectivity index (χ1v) is 7.99. The van der Waals surface area contributed by atoms with Crippen molar-refractivity contribution < 1.29 is 0 Å². The first kappa shape index (κ1) is 14.1. The van der Waals surface area contributed by atoms with E-state index >= 15 is 0 Å². The lowest BCUT2D eigenvalue weighted by atomic mass is 9.86. The van der Waals surface area contributed by atoms with Crippen molar-refractivity contribution in [2.24, 2.45) is 5.41 Å². The number of benzene rings is 1. The Hall–Kier alpha value is -0.860. The lowest BCUT2D eigenvalue weighted by molar-refractivity contribution is 0.268. The Morgan fingerprint density at radius 2 is 1.90 bits per heavy atom. The molecule has 2 saturated heterocycles. The van der Waals surface area contributed by atoms with Gasteiger partial charge in [0.15, 0.2) is 0 Å². The normalized spacial score (nSPS) is 27.6. The van der Waals surface area contributed by atoms with Crippen molar-refractivity contribution in [3.63, 3.8) is 0 Å². The molecule has 2 nitrogen and oxygen atoms in total. The van der Waals surface area contributed by atoms with Crippen molar-refractivity contribution in [2.75, 3.05) is 26.2 Å². The second-order valence-electron chi connectivity index (χ2n) is 7.83. The van der Waals surface area contributed by atoms with E-state index in [2.05, 4.69) is 55.3 Å². The van der Waals surface area contributed by atoms with Crippen molar-refractivity contribution in [2.45, 2.75) is 45.6 Å². The van der Waals surface area contributed by atoms with Crippen LogP contribution in [-0.4, -0.2) is 31.1 Å². The van der Waals surface area contributed by atoms with Gasteiger partial charge in [0, 0.05) is 19.6 Å². The Balaban J connectivity index is 1.61. The molecule has 0 saturated carbocycles. The number of hydrogen-bond acceptors (Lipinski definition) is 2. The molecule has 1 spiro atoms. The summed E-state index contributed by atoms with van der Waals surface area (Å²) in [4.78, 5) is 2.64. The van der Waals surface area contributed by atoms with Gasteiger partial charge in [-0.25, -0.2) is 0 Å². The van der Waals surface area contributed by atoms with Crippen LogP contribution >= 0.6 is 0 Å². The molecule has 3 rings (SSSR count). The van der Waals surface area contributed by atoms with Gasteiger partial charge in [0.25, 0.3) is 0 Å². The van der Waals surface area contributed by atoms with Gasteiger partial charge in [0.2, 0.25) is 0 Å². The van der Waals surface area contributed by atoms with Crippen molar-refractivity contribution in [1.29, 1.82) is 0 Å². The summed E-state index contributed by atoms with van der Waals surface area (Å²) in [7, 11) is 0. The molecule has 1 aromatic rings. The molecule has 2 heterocycles. The zero-order chi connectivity index (χ0) is 14.2. The van der Waals surface area contributed by atoms with Crippen LogP contribution in [0.4, 0.5) is 0 Å². The van der Waals surface area contributed by atoms with Crippen LogP contribution in [0.2, 0.25) is 0 Å². The predicted molar refractivity (Wildman–Crippen MR) is 85.0 cm³/mol. The smallest absolute Gasteiger partial charge is 0.0233 e. The highest BCUT2D eigenvalue weighted by Crippen LogP contribution is 2.36. The molecule has 0 aliphatic carbocycles. The van der Waals surface area contributed by atoms with E-state index in [0.717, 1.165) is 6.54 Å². The van der Waals surface area contributed by atoms with Crippen molar-refractivity contribution in [3.8, 4) is 0 Å². The zero-order valence-electron chi connectivity index (χ0n) is 13.2. The summed E-state index contributed by atoms with van der Waals surface area (Å²) >= 11 is 0. The van der Waals surface area contributed by atoms with Gasteiger partial charge in [-0.1, -0.05) is 45.0 Å². The van der Waals surface area contributed by atoms with E-state index in [-0.39, 0.29) is 5.41 Å². The van der Waals surface area contributed by atoms with Gasteiger partial charge in [-0.15, -0.1) is 0 Å². The van der Waals surface area contributed by atoms with Gasteiger partial charge in [0.1, 0.15) is 0 Å². The lowest BCUT2D eigenvalue weighted by Gasteiger charge is -2.23. The van der Waals surface area contributed by atoms with Gasteiger partial charge in [-0.3, -0.25) is 4.90 Å². The maximum absolute atomic E-state index is 3.54. The molecule has 2 fully saturated rings. The maximum atomic E-state index is 3.54. The summed E-state index contributed by atoms with van der Waals surface area (Å²) in [5.41, 5.74) is 3.73. The van der Waals surface area contributed by atoms with Gasteiger partial charge in [-0.2, -0.15) is 0 Å². The molecule has 2 aliphatic heterocycles. The molecule has 1 aromatic carbocycles. The first-order valence-electron chi connectivity index (χ1n) is 7.99. The third kappa shape index (κ3) is 2.91. The summed E-state index contributed by atoms with van der Waals surface area (Å²) < 4.78 is 0. The average Bonchev–Trinajstić information content (AvgIpc) is 3.00. The topological polar surface area (TPSA) is 15.3 Å². The van der Waals surface area contributed by atoms with E-state index in [0.29, 0.717) is 5.41 Å². The molecular weight excluding hydrogens is 244 g/mol. The van der Waals surface area contributed by atoms with Crippen LogP contribution in [0.1, 0.15) is 44.7 Å². The molecule has 110 valence electrons.